The lowest BCUT2D eigenvalue weighted by Gasteiger charge is -2.39. The maximum Gasteiger partial charge on any atom is 0.200 e. The van der Waals surface area contributed by atoms with Gasteiger partial charge in [-0.3, -0.25) is 4.79 Å². The maximum atomic E-state index is 12.2. The van der Waals surface area contributed by atoms with Gasteiger partial charge >= 0.3 is 0 Å². The first-order valence-corrected chi connectivity index (χ1v) is 9.76. The molecular formula is C23H21N3O4. The lowest BCUT2D eigenvalue weighted by atomic mass is 9.99. The Morgan fingerprint density at radius 3 is 2.60 bits per heavy atom. The number of rotatable bonds is 5. The smallest absolute Gasteiger partial charge is 0.200 e. The predicted molar refractivity (Wildman–Crippen MR) is 113 cm³/mol. The lowest BCUT2D eigenvalue weighted by molar-refractivity contribution is 0.276. The Kier molecular flexibility index (Phi) is 4.52. The summed E-state index contributed by atoms with van der Waals surface area (Å²) in [5.41, 5.74) is 3.45. The first-order chi connectivity index (χ1) is 14.7. The van der Waals surface area contributed by atoms with Crippen molar-refractivity contribution in [3.63, 3.8) is 0 Å². The molecule has 7 nitrogen and oxygen atoms in total. The third-order valence-electron chi connectivity index (χ3n) is 5.56. The van der Waals surface area contributed by atoms with E-state index in [0.717, 1.165) is 30.0 Å². The molecule has 1 aliphatic heterocycles. The van der Waals surface area contributed by atoms with Gasteiger partial charge in [0.2, 0.25) is 5.89 Å². The molecule has 3 heterocycles. The number of benzene rings is 2. The van der Waals surface area contributed by atoms with E-state index in [1.54, 1.807) is 31.5 Å². The van der Waals surface area contributed by atoms with E-state index in [1.807, 2.05) is 22.8 Å². The summed E-state index contributed by atoms with van der Waals surface area (Å²) in [4.78, 5) is 18.8. The van der Waals surface area contributed by atoms with Crippen molar-refractivity contribution in [2.24, 2.45) is 0 Å². The summed E-state index contributed by atoms with van der Waals surface area (Å²) in [6.07, 6.45) is 3.30. The minimum Gasteiger partial charge on any atom is -0.497 e. The largest absolute Gasteiger partial charge is 0.497 e. The van der Waals surface area contributed by atoms with Gasteiger partial charge in [0, 0.05) is 48.2 Å². The summed E-state index contributed by atoms with van der Waals surface area (Å²) in [5, 5.41) is 9.78. The third-order valence-corrected chi connectivity index (χ3v) is 5.56. The summed E-state index contributed by atoms with van der Waals surface area (Å²) < 4.78 is 12.8. The molecule has 1 saturated heterocycles. The van der Waals surface area contributed by atoms with Gasteiger partial charge in [-0.05, 0) is 36.4 Å². The van der Waals surface area contributed by atoms with Gasteiger partial charge < -0.3 is 23.7 Å². The highest BCUT2D eigenvalue weighted by Crippen LogP contribution is 2.32. The van der Waals surface area contributed by atoms with E-state index >= 15 is 0 Å². The molecule has 0 saturated carbocycles. The Morgan fingerprint density at radius 1 is 1.13 bits per heavy atom. The number of hydrogen-bond donors (Lipinski definition) is 1. The van der Waals surface area contributed by atoms with Crippen LogP contribution in [0, 0.1) is 0 Å². The van der Waals surface area contributed by atoms with Gasteiger partial charge in [-0.1, -0.05) is 0 Å². The number of hydrogen-bond acceptors (Lipinski definition) is 6. The Balaban J connectivity index is 1.38. The van der Waals surface area contributed by atoms with E-state index in [2.05, 4.69) is 22.0 Å². The number of pyridine rings is 1. The molecule has 0 unspecified atom stereocenters. The highest BCUT2D eigenvalue weighted by molar-refractivity contribution is 5.82. The van der Waals surface area contributed by atoms with Crippen LogP contribution in [0.2, 0.25) is 0 Å². The molecule has 0 aliphatic carbocycles. The molecule has 7 heteroatoms. The Bertz CT molecular complexity index is 1250. The molecule has 2 aromatic carbocycles. The molecule has 0 spiro atoms. The first kappa shape index (κ1) is 18.4. The molecule has 2 aromatic heterocycles. The number of methoxy groups -OCH3 is 1. The molecule has 0 bridgehead atoms. The SMILES string of the molecule is COc1ccc2c(=O)ccn(-c3ccc(N4CC(c5nc(CO)co5)C4)cc3)c2c1. The van der Waals surface area contributed by atoms with Crippen LogP contribution >= 0.6 is 0 Å². The molecule has 1 aliphatic rings. The molecule has 152 valence electrons. The molecule has 0 atom stereocenters. The van der Waals surface area contributed by atoms with Gasteiger partial charge in [0.15, 0.2) is 5.43 Å². The average molecular weight is 403 g/mol. The van der Waals surface area contributed by atoms with Crippen LogP contribution in [-0.2, 0) is 6.61 Å². The maximum absolute atomic E-state index is 12.2. The number of fused-ring (bicyclic) bond motifs is 1. The van der Waals surface area contributed by atoms with Crippen LogP contribution < -0.4 is 15.1 Å². The highest BCUT2D eigenvalue weighted by atomic mass is 16.5. The Morgan fingerprint density at radius 2 is 1.90 bits per heavy atom. The van der Waals surface area contributed by atoms with Crippen molar-refractivity contribution in [1.29, 1.82) is 0 Å². The van der Waals surface area contributed by atoms with Crippen molar-refractivity contribution in [3.8, 4) is 11.4 Å². The van der Waals surface area contributed by atoms with E-state index in [1.165, 1.54) is 6.26 Å². The van der Waals surface area contributed by atoms with E-state index < -0.39 is 0 Å². The standard InChI is InChI=1S/C23H21N3O4/c1-29-19-6-7-20-21(10-19)26(9-8-22(20)28)18-4-2-17(3-5-18)25-11-15(12-25)23-24-16(13-27)14-30-23/h2-10,14-15,27H,11-13H2,1H3. The zero-order chi connectivity index (χ0) is 20.7. The van der Waals surface area contributed by atoms with Crippen LogP contribution in [0.15, 0.2) is 70.2 Å². The lowest BCUT2D eigenvalue weighted by Crippen LogP contribution is -2.45. The van der Waals surface area contributed by atoms with Crippen molar-refractivity contribution in [3.05, 3.63) is 82.8 Å². The second kappa shape index (κ2) is 7.35. The van der Waals surface area contributed by atoms with E-state index in [9.17, 15) is 4.79 Å². The van der Waals surface area contributed by atoms with Crippen LogP contribution in [-0.4, -0.2) is 34.9 Å². The first-order valence-electron chi connectivity index (χ1n) is 9.76. The fourth-order valence-corrected chi connectivity index (χ4v) is 3.84. The van der Waals surface area contributed by atoms with Crippen LogP contribution in [0.25, 0.3) is 16.6 Å². The average Bonchev–Trinajstić information content (AvgIpc) is 3.22. The van der Waals surface area contributed by atoms with Crippen molar-refractivity contribution < 1.29 is 14.3 Å². The summed E-state index contributed by atoms with van der Waals surface area (Å²) in [5.74, 6) is 1.63. The van der Waals surface area contributed by atoms with Gasteiger partial charge in [0.05, 0.1) is 25.2 Å². The minimum absolute atomic E-state index is 0.0111. The number of aliphatic hydroxyl groups excluding tert-OH is 1. The fraction of sp³-hybridized carbons (Fsp3) is 0.217. The number of anilines is 1. The third kappa shape index (κ3) is 3.13. The second-order valence-electron chi connectivity index (χ2n) is 7.39. The number of aromatic nitrogens is 2. The van der Waals surface area contributed by atoms with Gasteiger partial charge in [0.1, 0.15) is 17.7 Å². The number of ether oxygens (including phenoxy) is 1. The molecule has 30 heavy (non-hydrogen) atoms. The van der Waals surface area contributed by atoms with E-state index in [4.69, 9.17) is 14.3 Å². The number of aliphatic hydroxyl groups is 1. The van der Waals surface area contributed by atoms with E-state index in [0.29, 0.717) is 22.7 Å². The summed E-state index contributed by atoms with van der Waals surface area (Å²) in [6.45, 7) is 1.54. The normalized spacial score (nSPS) is 14.1. The van der Waals surface area contributed by atoms with Crippen LogP contribution in [0.1, 0.15) is 17.5 Å². The fourth-order valence-electron chi connectivity index (χ4n) is 3.84. The molecule has 1 N–H and O–H groups in total. The summed E-state index contributed by atoms with van der Waals surface area (Å²) >= 11 is 0. The van der Waals surface area contributed by atoms with Gasteiger partial charge in [0.25, 0.3) is 0 Å². The second-order valence-corrected chi connectivity index (χ2v) is 7.39. The monoisotopic (exact) mass is 403 g/mol. The highest BCUT2D eigenvalue weighted by Gasteiger charge is 2.32. The van der Waals surface area contributed by atoms with Crippen LogP contribution in [0.3, 0.4) is 0 Å². The zero-order valence-electron chi connectivity index (χ0n) is 16.5. The molecule has 5 rings (SSSR count). The molecule has 0 amide bonds. The van der Waals surface area contributed by atoms with E-state index in [-0.39, 0.29) is 18.0 Å². The van der Waals surface area contributed by atoms with Gasteiger partial charge in [-0.2, -0.15) is 0 Å². The van der Waals surface area contributed by atoms with Crippen molar-refractivity contribution >= 4 is 16.6 Å². The van der Waals surface area contributed by atoms with Gasteiger partial charge in [-0.15, -0.1) is 0 Å². The predicted octanol–water partition coefficient (Wildman–Crippen LogP) is 3.08. The quantitative estimate of drug-likeness (QED) is 0.552. The summed E-state index contributed by atoms with van der Waals surface area (Å²) in [6, 6.07) is 15.3. The number of nitrogens with zero attached hydrogens (tertiary/aromatic N) is 3. The molecule has 4 aromatic rings. The number of oxazole rings is 1. The van der Waals surface area contributed by atoms with Crippen molar-refractivity contribution in [1.82, 2.24) is 9.55 Å². The minimum atomic E-state index is -0.104. The summed E-state index contributed by atoms with van der Waals surface area (Å²) in [7, 11) is 1.62. The van der Waals surface area contributed by atoms with Crippen molar-refractivity contribution in [2.75, 3.05) is 25.1 Å². The van der Waals surface area contributed by atoms with Crippen LogP contribution in [0.5, 0.6) is 5.75 Å². The van der Waals surface area contributed by atoms with Gasteiger partial charge in [-0.25, -0.2) is 4.98 Å². The van der Waals surface area contributed by atoms with Crippen LogP contribution in [0.4, 0.5) is 5.69 Å². The molecule has 0 radical (unpaired) electrons. The zero-order valence-corrected chi connectivity index (χ0v) is 16.5. The topological polar surface area (TPSA) is 80.7 Å². The Labute approximate surface area is 172 Å². The van der Waals surface area contributed by atoms with Crippen molar-refractivity contribution in [2.45, 2.75) is 12.5 Å². The Hall–Kier alpha value is -3.58. The molecular weight excluding hydrogens is 382 g/mol. The molecule has 1 fully saturated rings.